The van der Waals surface area contributed by atoms with Crippen LogP contribution >= 0.6 is 0 Å². The molecule has 1 N–H and O–H groups in total. The standard InChI is InChI=1S/C12H13N3O2S/c1-18(16,17)11-4-2-10(3-5-11)8-14-12-6-7-13-9-15-12/h2-7,9H,8H2,1H3,(H,13,14,15). The molecule has 0 aliphatic carbocycles. The van der Waals surface area contributed by atoms with Gasteiger partial charge < -0.3 is 5.32 Å². The maximum absolute atomic E-state index is 11.3. The van der Waals surface area contributed by atoms with E-state index in [0.29, 0.717) is 11.4 Å². The van der Waals surface area contributed by atoms with Crippen LogP contribution in [0.4, 0.5) is 5.82 Å². The maximum atomic E-state index is 11.3. The second-order valence-corrected chi connectivity index (χ2v) is 5.88. The van der Waals surface area contributed by atoms with Crippen LogP contribution in [-0.2, 0) is 16.4 Å². The van der Waals surface area contributed by atoms with Gasteiger partial charge in [0, 0.05) is 19.0 Å². The van der Waals surface area contributed by atoms with Crippen molar-refractivity contribution in [3.8, 4) is 0 Å². The summed E-state index contributed by atoms with van der Waals surface area (Å²) >= 11 is 0. The summed E-state index contributed by atoms with van der Waals surface area (Å²) in [6.07, 6.45) is 4.32. The van der Waals surface area contributed by atoms with Gasteiger partial charge in [-0.15, -0.1) is 0 Å². The van der Waals surface area contributed by atoms with Gasteiger partial charge in [0.1, 0.15) is 12.1 Å². The molecule has 2 rings (SSSR count). The first-order chi connectivity index (χ1) is 8.55. The topological polar surface area (TPSA) is 72.0 Å². The van der Waals surface area contributed by atoms with Gasteiger partial charge >= 0.3 is 0 Å². The lowest BCUT2D eigenvalue weighted by atomic mass is 10.2. The van der Waals surface area contributed by atoms with Crippen LogP contribution in [0.3, 0.4) is 0 Å². The first kappa shape index (κ1) is 12.5. The normalized spacial score (nSPS) is 11.2. The molecule has 0 aliphatic rings. The summed E-state index contributed by atoms with van der Waals surface area (Å²) in [5.41, 5.74) is 0.987. The number of benzene rings is 1. The van der Waals surface area contributed by atoms with Crippen LogP contribution in [0.25, 0.3) is 0 Å². The predicted octanol–water partition coefficient (Wildman–Crippen LogP) is 1.49. The molecule has 6 heteroatoms. The van der Waals surface area contributed by atoms with Crippen LogP contribution < -0.4 is 5.32 Å². The van der Waals surface area contributed by atoms with E-state index in [4.69, 9.17) is 0 Å². The molecule has 0 amide bonds. The Labute approximate surface area is 106 Å². The van der Waals surface area contributed by atoms with Gasteiger partial charge in [-0.1, -0.05) is 12.1 Å². The van der Waals surface area contributed by atoms with Gasteiger partial charge in [0.15, 0.2) is 9.84 Å². The minimum absolute atomic E-state index is 0.327. The van der Waals surface area contributed by atoms with Gasteiger partial charge in [0.2, 0.25) is 0 Å². The van der Waals surface area contributed by atoms with E-state index in [2.05, 4.69) is 15.3 Å². The number of hydrogen-bond acceptors (Lipinski definition) is 5. The average molecular weight is 263 g/mol. The molecule has 5 nitrogen and oxygen atoms in total. The number of anilines is 1. The summed E-state index contributed by atoms with van der Waals surface area (Å²) in [7, 11) is -3.13. The van der Waals surface area contributed by atoms with Gasteiger partial charge in [0.25, 0.3) is 0 Å². The van der Waals surface area contributed by atoms with Gasteiger partial charge in [-0.25, -0.2) is 18.4 Å². The monoisotopic (exact) mass is 263 g/mol. The first-order valence-electron chi connectivity index (χ1n) is 5.34. The van der Waals surface area contributed by atoms with E-state index >= 15 is 0 Å². The Morgan fingerprint density at radius 3 is 2.44 bits per heavy atom. The zero-order valence-corrected chi connectivity index (χ0v) is 10.7. The van der Waals surface area contributed by atoms with Crippen LogP contribution in [0.5, 0.6) is 0 Å². The second kappa shape index (κ2) is 5.14. The predicted molar refractivity (Wildman–Crippen MR) is 68.9 cm³/mol. The fourth-order valence-electron chi connectivity index (χ4n) is 1.44. The molecule has 2 aromatic rings. The van der Waals surface area contributed by atoms with E-state index in [1.165, 1.54) is 12.6 Å². The minimum Gasteiger partial charge on any atom is -0.366 e. The summed E-state index contributed by atoms with van der Waals surface area (Å²) in [5, 5.41) is 3.12. The maximum Gasteiger partial charge on any atom is 0.175 e. The van der Waals surface area contributed by atoms with Crippen molar-refractivity contribution in [2.75, 3.05) is 11.6 Å². The molecule has 1 heterocycles. The Morgan fingerprint density at radius 1 is 1.17 bits per heavy atom. The molecule has 0 bridgehead atoms. The molecule has 1 aromatic carbocycles. The van der Waals surface area contributed by atoms with Crippen molar-refractivity contribution in [2.24, 2.45) is 0 Å². The lowest BCUT2D eigenvalue weighted by Crippen LogP contribution is -2.02. The lowest BCUT2D eigenvalue weighted by Gasteiger charge is -2.05. The summed E-state index contributed by atoms with van der Waals surface area (Å²) in [5.74, 6) is 0.734. The van der Waals surface area contributed by atoms with Gasteiger partial charge in [0.05, 0.1) is 4.90 Å². The van der Waals surface area contributed by atoms with Gasteiger partial charge in [-0.2, -0.15) is 0 Å². The largest absolute Gasteiger partial charge is 0.366 e. The van der Waals surface area contributed by atoms with Crippen molar-refractivity contribution in [3.05, 3.63) is 48.4 Å². The van der Waals surface area contributed by atoms with Crippen LogP contribution in [0.1, 0.15) is 5.56 Å². The van der Waals surface area contributed by atoms with Crippen LogP contribution in [0.15, 0.2) is 47.8 Å². The molecule has 0 atom stereocenters. The Bertz CT molecular complexity index is 610. The van der Waals surface area contributed by atoms with Crippen molar-refractivity contribution < 1.29 is 8.42 Å². The zero-order valence-electron chi connectivity index (χ0n) is 9.87. The molecule has 0 radical (unpaired) electrons. The van der Waals surface area contributed by atoms with Crippen molar-refractivity contribution in [3.63, 3.8) is 0 Å². The highest BCUT2D eigenvalue weighted by molar-refractivity contribution is 7.90. The third-order valence-electron chi connectivity index (χ3n) is 2.41. The second-order valence-electron chi connectivity index (χ2n) is 3.86. The molecule has 94 valence electrons. The van der Waals surface area contributed by atoms with Crippen LogP contribution in [0, 0.1) is 0 Å². The highest BCUT2D eigenvalue weighted by Crippen LogP contribution is 2.11. The number of nitrogens with one attached hydrogen (secondary N) is 1. The number of sulfone groups is 1. The number of hydrogen-bond donors (Lipinski definition) is 1. The molecule has 0 spiro atoms. The Morgan fingerprint density at radius 2 is 1.89 bits per heavy atom. The fraction of sp³-hybridized carbons (Fsp3) is 0.167. The Kier molecular flexibility index (Phi) is 3.57. The quantitative estimate of drug-likeness (QED) is 0.905. The average Bonchev–Trinajstić information content (AvgIpc) is 2.37. The molecular weight excluding hydrogens is 250 g/mol. The van der Waals surface area contributed by atoms with Crippen molar-refractivity contribution in [1.82, 2.24) is 9.97 Å². The summed E-state index contributed by atoms with van der Waals surface area (Å²) in [4.78, 5) is 8.18. The highest BCUT2D eigenvalue weighted by atomic mass is 32.2. The first-order valence-corrected chi connectivity index (χ1v) is 7.24. The zero-order chi connectivity index (χ0) is 13.0. The van der Waals surface area contributed by atoms with E-state index < -0.39 is 9.84 Å². The molecule has 0 fully saturated rings. The molecule has 0 unspecified atom stereocenters. The third-order valence-corrected chi connectivity index (χ3v) is 3.54. The van der Waals surface area contributed by atoms with Crippen LogP contribution in [-0.4, -0.2) is 24.6 Å². The summed E-state index contributed by atoms with van der Waals surface area (Å²) in [6, 6.07) is 8.54. The van der Waals surface area contributed by atoms with Crippen molar-refractivity contribution in [1.29, 1.82) is 0 Å². The number of aromatic nitrogens is 2. The summed E-state index contributed by atoms with van der Waals surface area (Å²) < 4.78 is 22.6. The third kappa shape index (κ3) is 3.27. The van der Waals surface area contributed by atoms with Gasteiger partial charge in [-0.3, -0.25) is 0 Å². The van der Waals surface area contributed by atoms with Gasteiger partial charge in [-0.05, 0) is 23.8 Å². The highest BCUT2D eigenvalue weighted by Gasteiger charge is 2.05. The molecule has 18 heavy (non-hydrogen) atoms. The SMILES string of the molecule is CS(=O)(=O)c1ccc(CNc2ccncn2)cc1. The van der Waals surface area contributed by atoms with E-state index in [1.54, 1.807) is 36.5 Å². The van der Waals surface area contributed by atoms with E-state index in [9.17, 15) is 8.42 Å². The number of nitrogens with zero attached hydrogens (tertiary/aromatic N) is 2. The summed E-state index contributed by atoms with van der Waals surface area (Å²) in [6.45, 7) is 0.584. The minimum atomic E-state index is -3.13. The van der Waals surface area contributed by atoms with Crippen LogP contribution in [0.2, 0.25) is 0 Å². The van der Waals surface area contributed by atoms with E-state index in [1.807, 2.05) is 0 Å². The molecule has 0 aliphatic heterocycles. The molecular formula is C12H13N3O2S. The Balaban J connectivity index is 2.03. The number of rotatable bonds is 4. The van der Waals surface area contributed by atoms with Crippen molar-refractivity contribution in [2.45, 2.75) is 11.4 Å². The molecule has 0 saturated heterocycles. The molecule has 1 aromatic heterocycles. The Hall–Kier alpha value is -1.95. The van der Waals surface area contributed by atoms with E-state index in [-0.39, 0.29) is 0 Å². The lowest BCUT2D eigenvalue weighted by molar-refractivity contribution is 0.602. The van der Waals surface area contributed by atoms with E-state index in [0.717, 1.165) is 11.4 Å². The van der Waals surface area contributed by atoms with Crippen molar-refractivity contribution >= 4 is 15.7 Å². The fourth-order valence-corrected chi connectivity index (χ4v) is 2.07. The smallest absolute Gasteiger partial charge is 0.175 e. The molecule has 0 saturated carbocycles.